The molecule has 0 aromatic carbocycles. The van der Waals surface area contributed by atoms with Gasteiger partial charge in [0.15, 0.2) is 0 Å². The Labute approximate surface area is 68.4 Å². The van der Waals surface area contributed by atoms with E-state index in [9.17, 15) is 0 Å². The van der Waals surface area contributed by atoms with Crippen molar-refractivity contribution in [3.05, 3.63) is 0 Å². The van der Waals surface area contributed by atoms with Crippen LogP contribution in [0.1, 0.15) is 19.3 Å². The Morgan fingerprint density at radius 1 is 1.22 bits per heavy atom. The van der Waals surface area contributed by atoms with Gasteiger partial charge in [-0.2, -0.15) is 12.6 Å². The van der Waals surface area contributed by atoms with Crippen LogP contribution < -0.4 is 5.32 Å². The van der Waals surface area contributed by atoms with Crippen molar-refractivity contribution in [2.24, 2.45) is 0 Å². The van der Waals surface area contributed by atoms with Crippen molar-refractivity contribution in [3.63, 3.8) is 0 Å². The summed E-state index contributed by atoms with van der Waals surface area (Å²) in [4.78, 5) is 0. The minimum Gasteiger partial charge on any atom is -0.317 e. The zero-order chi connectivity index (χ0) is 5.82. The standard InChI is InChI=1S/C6H13NS.ClH/c8-6-2-1-4-7-5-3-6;/h6-8H,1-5H2;1H. The van der Waals surface area contributed by atoms with Crippen molar-refractivity contribution in [2.75, 3.05) is 13.1 Å². The van der Waals surface area contributed by atoms with Crippen LogP contribution in [0.15, 0.2) is 0 Å². The average Bonchev–Trinajstić information content (AvgIpc) is 1.94. The quantitative estimate of drug-likeness (QED) is 0.521. The number of thiol groups is 1. The van der Waals surface area contributed by atoms with Crippen molar-refractivity contribution in [1.29, 1.82) is 0 Å². The summed E-state index contributed by atoms with van der Waals surface area (Å²) >= 11 is 4.39. The predicted molar refractivity (Wildman–Crippen MR) is 46.7 cm³/mol. The largest absolute Gasteiger partial charge is 0.317 e. The fourth-order valence-corrected chi connectivity index (χ4v) is 1.31. The molecule has 9 heavy (non-hydrogen) atoms. The van der Waals surface area contributed by atoms with Gasteiger partial charge in [0.1, 0.15) is 0 Å². The molecule has 0 saturated carbocycles. The van der Waals surface area contributed by atoms with E-state index in [2.05, 4.69) is 17.9 Å². The molecule has 0 aromatic heterocycles. The van der Waals surface area contributed by atoms with E-state index in [1.54, 1.807) is 0 Å². The number of halogens is 1. The smallest absolute Gasteiger partial charge is 0.00293 e. The summed E-state index contributed by atoms with van der Waals surface area (Å²) in [6.45, 7) is 2.35. The Bertz CT molecular complexity index is 62.1. The second-order valence-electron chi connectivity index (χ2n) is 2.33. The molecule has 1 rings (SSSR count). The monoisotopic (exact) mass is 167 g/mol. The van der Waals surface area contributed by atoms with E-state index in [1.807, 2.05) is 0 Å². The predicted octanol–water partition coefficient (Wildman–Crippen LogP) is 1.48. The summed E-state index contributed by atoms with van der Waals surface area (Å²) in [7, 11) is 0. The summed E-state index contributed by atoms with van der Waals surface area (Å²) in [6, 6.07) is 0. The normalized spacial score (nSPS) is 28.3. The Morgan fingerprint density at radius 3 is 2.78 bits per heavy atom. The third kappa shape index (κ3) is 4.06. The first-order valence-electron chi connectivity index (χ1n) is 3.28. The molecule has 56 valence electrons. The van der Waals surface area contributed by atoms with Crippen molar-refractivity contribution in [3.8, 4) is 0 Å². The molecule has 1 aliphatic rings. The summed E-state index contributed by atoms with van der Waals surface area (Å²) in [5.74, 6) is 0. The highest BCUT2D eigenvalue weighted by atomic mass is 35.5. The fraction of sp³-hybridized carbons (Fsp3) is 1.00. The summed E-state index contributed by atoms with van der Waals surface area (Å²) < 4.78 is 0. The van der Waals surface area contributed by atoms with Gasteiger partial charge in [0, 0.05) is 5.25 Å². The molecule has 0 bridgehead atoms. The lowest BCUT2D eigenvalue weighted by Gasteiger charge is -2.01. The van der Waals surface area contributed by atoms with Crippen molar-refractivity contribution in [2.45, 2.75) is 24.5 Å². The van der Waals surface area contributed by atoms with Crippen LogP contribution in [0.3, 0.4) is 0 Å². The van der Waals surface area contributed by atoms with Crippen LogP contribution in [0.2, 0.25) is 0 Å². The van der Waals surface area contributed by atoms with Crippen LogP contribution >= 0.6 is 25.0 Å². The maximum absolute atomic E-state index is 4.39. The molecular weight excluding hydrogens is 154 g/mol. The van der Waals surface area contributed by atoms with Gasteiger partial charge in [-0.3, -0.25) is 0 Å². The van der Waals surface area contributed by atoms with Gasteiger partial charge in [-0.05, 0) is 32.4 Å². The Balaban J connectivity index is 0.000000640. The second kappa shape index (κ2) is 5.39. The summed E-state index contributed by atoms with van der Waals surface area (Å²) in [5, 5.41) is 3.99. The average molecular weight is 168 g/mol. The minimum atomic E-state index is 0. The van der Waals surface area contributed by atoms with Crippen LogP contribution in [-0.2, 0) is 0 Å². The topological polar surface area (TPSA) is 12.0 Å². The second-order valence-corrected chi connectivity index (χ2v) is 3.07. The minimum absolute atomic E-state index is 0. The lowest BCUT2D eigenvalue weighted by atomic mass is 10.2. The molecule has 1 unspecified atom stereocenters. The molecule has 0 amide bonds. The number of rotatable bonds is 0. The highest BCUT2D eigenvalue weighted by Crippen LogP contribution is 2.10. The van der Waals surface area contributed by atoms with E-state index in [-0.39, 0.29) is 12.4 Å². The number of nitrogens with one attached hydrogen (secondary N) is 1. The Kier molecular flexibility index (Phi) is 5.75. The van der Waals surface area contributed by atoms with Gasteiger partial charge in [-0.1, -0.05) is 0 Å². The van der Waals surface area contributed by atoms with E-state index in [0.29, 0.717) is 5.25 Å². The van der Waals surface area contributed by atoms with Crippen LogP contribution in [0, 0.1) is 0 Å². The van der Waals surface area contributed by atoms with E-state index in [4.69, 9.17) is 0 Å². The van der Waals surface area contributed by atoms with Crippen molar-refractivity contribution in [1.82, 2.24) is 5.32 Å². The molecule has 1 N–H and O–H groups in total. The first-order valence-corrected chi connectivity index (χ1v) is 3.80. The van der Waals surface area contributed by atoms with Gasteiger partial charge in [0.05, 0.1) is 0 Å². The van der Waals surface area contributed by atoms with E-state index >= 15 is 0 Å². The van der Waals surface area contributed by atoms with E-state index < -0.39 is 0 Å². The highest BCUT2D eigenvalue weighted by Gasteiger charge is 2.05. The summed E-state index contributed by atoms with van der Waals surface area (Å²) in [6.07, 6.45) is 3.83. The molecule has 1 nitrogen and oxygen atoms in total. The van der Waals surface area contributed by atoms with E-state index in [1.165, 1.54) is 25.8 Å². The SMILES string of the molecule is Cl.SC1CCCNCC1. The molecule has 1 aliphatic heterocycles. The maximum Gasteiger partial charge on any atom is 0.00293 e. The van der Waals surface area contributed by atoms with Crippen molar-refractivity contribution >= 4 is 25.0 Å². The molecule has 0 aliphatic carbocycles. The fourth-order valence-electron chi connectivity index (χ4n) is 1.00. The number of hydrogen-bond acceptors (Lipinski definition) is 2. The molecule has 1 heterocycles. The molecule has 0 radical (unpaired) electrons. The Morgan fingerprint density at radius 2 is 2.00 bits per heavy atom. The van der Waals surface area contributed by atoms with Gasteiger partial charge in [-0.15, -0.1) is 12.4 Å². The molecule has 1 saturated heterocycles. The van der Waals surface area contributed by atoms with Crippen LogP contribution in [-0.4, -0.2) is 18.3 Å². The molecular formula is C6H14ClNS. The van der Waals surface area contributed by atoms with Crippen molar-refractivity contribution < 1.29 is 0 Å². The van der Waals surface area contributed by atoms with Gasteiger partial charge in [0.25, 0.3) is 0 Å². The van der Waals surface area contributed by atoms with E-state index in [0.717, 1.165) is 6.54 Å². The van der Waals surface area contributed by atoms with Crippen LogP contribution in [0.25, 0.3) is 0 Å². The summed E-state index contributed by atoms with van der Waals surface area (Å²) in [5.41, 5.74) is 0. The van der Waals surface area contributed by atoms with Gasteiger partial charge < -0.3 is 5.32 Å². The first-order chi connectivity index (χ1) is 3.89. The third-order valence-corrected chi connectivity index (χ3v) is 2.06. The molecule has 0 spiro atoms. The lowest BCUT2D eigenvalue weighted by molar-refractivity contribution is 0.703. The molecule has 1 fully saturated rings. The number of hydrogen-bond donors (Lipinski definition) is 2. The first kappa shape index (κ1) is 9.60. The van der Waals surface area contributed by atoms with Gasteiger partial charge >= 0.3 is 0 Å². The maximum atomic E-state index is 4.39. The zero-order valence-corrected chi connectivity index (χ0v) is 7.18. The van der Waals surface area contributed by atoms with Crippen LogP contribution in [0.4, 0.5) is 0 Å². The highest BCUT2D eigenvalue weighted by molar-refractivity contribution is 7.80. The van der Waals surface area contributed by atoms with Gasteiger partial charge in [0.2, 0.25) is 0 Å². The third-order valence-electron chi connectivity index (χ3n) is 1.55. The van der Waals surface area contributed by atoms with Crippen LogP contribution in [0.5, 0.6) is 0 Å². The Hall–Kier alpha value is 0.600. The van der Waals surface area contributed by atoms with Gasteiger partial charge in [-0.25, -0.2) is 0 Å². The molecule has 1 atom stereocenters. The zero-order valence-electron chi connectivity index (χ0n) is 5.47. The molecule has 0 aromatic rings. The lowest BCUT2D eigenvalue weighted by Crippen LogP contribution is -2.13. The molecule has 3 heteroatoms.